The van der Waals surface area contributed by atoms with E-state index in [0.29, 0.717) is 30.6 Å². The van der Waals surface area contributed by atoms with Gasteiger partial charge < -0.3 is 29.1 Å². The smallest absolute Gasteiger partial charge is 0.229 e. The summed E-state index contributed by atoms with van der Waals surface area (Å²) in [6.07, 6.45) is 0.230. The number of aliphatic hydroxyl groups excluding tert-OH is 1. The third kappa shape index (κ3) is 4.51. The number of aliphatic hydroxyl groups is 1. The van der Waals surface area contributed by atoms with E-state index in [1.807, 2.05) is 30.3 Å². The number of rotatable bonds is 5. The molecule has 0 saturated carbocycles. The lowest BCUT2D eigenvalue weighted by atomic mass is 10.1. The fourth-order valence-corrected chi connectivity index (χ4v) is 4.70. The van der Waals surface area contributed by atoms with Crippen LogP contribution in [0.1, 0.15) is 19.4 Å². The summed E-state index contributed by atoms with van der Waals surface area (Å²) in [7, 11) is 1.60. The van der Waals surface area contributed by atoms with E-state index in [-0.39, 0.29) is 18.8 Å². The van der Waals surface area contributed by atoms with Crippen molar-refractivity contribution in [2.45, 2.75) is 32.7 Å². The molecule has 0 spiro atoms. The van der Waals surface area contributed by atoms with Crippen molar-refractivity contribution in [3.63, 3.8) is 0 Å². The summed E-state index contributed by atoms with van der Waals surface area (Å²) in [5, 5.41) is 10.7. The van der Waals surface area contributed by atoms with E-state index in [0.717, 1.165) is 54.2 Å². The van der Waals surface area contributed by atoms with E-state index in [9.17, 15) is 5.11 Å². The van der Waals surface area contributed by atoms with Crippen LogP contribution >= 0.6 is 0 Å². The first-order chi connectivity index (χ1) is 16.6. The molecule has 2 aromatic heterocycles. The van der Waals surface area contributed by atoms with Gasteiger partial charge in [0, 0.05) is 37.3 Å². The monoisotopic (exact) mass is 465 g/mol. The van der Waals surface area contributed by atoms with Crippen LogP contribution in [0.5, 0.6) is 5.75 Å². The zero-order valence-electron chi connectivity index (χ0n) is 19.9. The van der Waals surface area contributed by atoms with Gasteiger partial charge in [-0.3, -0.25) is 0 Å². The molecule has 2 aliphatic heterocycles. The first kappa shape index (κ1) is 22.8. The summed E-state index contributed by atoms with van der Waals surface area (Å²) in [5.74, 6) is 2.22. The maximum atomic E-state index is 9.74. The number of pyridine rings is 1. The fraction of sp³-hybridized carbons (Fsp3) is 0.480. The number of nitrogens with zero attached hydrogens (tertiary/aromatic N) is 5. The van der Waals surface area contributed by atoms with E-state index >= 15 is 0 Å². The molecule has 2 fully saturated rings. The number of benzene rings is 1. The second-order valence-electron chi connectivity index (χ2n) is 8.86. The molecule has 0 bridgehead atoms. The maximum Gasteiger partial charge on any atom is 0.229 e. The number of fused-ring (bicyclic) bond motifs is 1. The zero-order valence-corrected chi connectivity index (χ0v) is 19.9. The molecule has 0 radical (unpaired) electrons. The number of ether oxygens (including phenoxy) is 3. The van der Waals surface area contributed by atoms with Crippen LogP contribution in [0.4, 0.5) is 11.8 Å². The summed E-state index contributed by atoms with van der Waals surface area (Å²) in [5.41, 5.74) is 3.05. The van der Waals surface area contributed by atoms with Gasteiger partial charge in [0.05, 0.1) is 50.2 Å². The molecule has 9 heteroatoms. The summed E-state index contributed by atoms with van der Waals surface area (Å²) < 4.78 is 16.8. The molecule has 2 aliphatic rings. The van der Waals surface area contributed by atoms with E-state index in [4.69, 9.17) is 29.2 Å². The predicted octanol–water partition coefficient (Wildman–Crippen LogP) is 2.64. The molecule has 0 aliphatic carbocycles. The van der Waals surface area contributed by atoms with Crippen molar-refractivity contribution >= 4 is 22.8 Å². The second-order valence-corrected chi connectivity index (χ2v) is 8.86. The van der Waals surface area contributed by atoms with Crippen molar-refractivity contribution < 1.29 is 19.3 Å². The van der Waals surface area contributed by atoms with Crippen molar-refractivity contribution in [1.29, 1.82) is 0 Å². The summed E-state index contributed by atoms with van der Waals surface area (Å²) in [6, 6.07) is 9.74. The molecule has 34 heavy (non-hydrogen) atoms. The van der Waals surface area contributed by atoms with Crippen LogP contribution in [0.2, 0.25) is 0 Å². The highest BCUT2D eigenvalue weighted by Crippen LogP contribution is 2.32. The standard InChI is InChI=1S/C25H31N5O4/c1-16-13-30(14-17(2)34-16)24-20-5-6-21(18-4-7-22(32-3)19(12-18)15-31)26-23(20)27-25(28-24)29-8-10-33-11-9-29/h4-7,12,16-17,31H,8-11,13-15H2,1-3H3. The summed E-state index contributed by atoms with van der Waals surface area (Å²) in [6.45, 7) is 8.42. The Morgan fingerprint density at radius 3 is 2.47 bits per heavy atom. The maximum absolute atomic E-state index is 9.74. The Bertz CT molecular complexity index is 1160. The van der Waals surface area contributed by atoms with Crippen molar-refractivity contribution in [2.75, 3.05) is 56.3 Å². The van der Waals surface area contributed by atoms with Gasteiger partial charge in [-0.25, -0.2) is 4.98 Å². The van der Waals surface area contributed by atoms with E-state index in [1.165, 1.54) is 0 Å². The van der Waals surface area contributed by atoms with Crippen molar-refractivity contribution in [3.05, 3.63) is 35.9 Å². The Balaban J connectivity index is 1.61. The summed E-state index contributed by atoms with van der Waals surface area (Å²) >= 11 is 0. The number of anilines is 2. The van der Waals surface area contributed by atoms with Gasteiger partial charge in [0.25, 0.3) is 0 Å². The normalized spacial score (nSPS) is 21.2. The molecule has 180 valence electrons. The van der Waals surface area contributed by atoms with Crippen molar-refractivity contribution in [2.24, 2.45) is 0 Å². The van der Waals surface area contributed by atoms with Crippen LogP contribution in [-0.2, 0) is 16.1 Å². The minimum Gasteiger partial charge on any atom is -0.496 e. The van der Waals surface area contributed by atoms with Crippen molar-refractivity contribution in [3.8, 4) is 17.0 Å². The number of morpholine rings is 2. The summed E-state index contributed by atoms with van der Waals surface area (Å²) in [4.78, 5) is 19.3. The topological polar surface area (TPSA) is 93.1 Å². The molecule has 3 aromatic rings. The Labute approximate surface area is 199 Å². The predicted molar refractivity (Wildman–Crippen MR) is 130 cm³/mol. The van der Waals surface area contributed by atoms with Crippen LogP contribution < -0.4 is 14.5 Å². The SMILES string of the molecule is COc1ccc(-c2ccc3c(N4CC(C)OC(C)C4)nc(N4CCOCC4)nc3n2)cc1CO. The number of hydrogen-bond acceptors (Lipinski definition) is 9. The lowest BCUT2D eigenvalue weighted by molar-refractivity contribution is -0.00537. The van der Waals surface area contributed by atoms with Gasteiger partial charge in [-0.2, -0.15) is 9.97 Å². The lowest BCUT2D eigenvalue weighted by Gasteiger charge is -2.37. The van der Waals surface area contributed by atoms with Crippen LogP contribution in [0.15, 0.2) is 30.3 Å². The van der Waals surface area contributed by atoms with Crippen LogP contribution in [-0.4, -0.2) is 78.8 Å². The minimum atomic E-state index is -0.106. The molecule has 2 saturated heterocycles. The Hall–Kier alpha value is -3.01. The van der Waals surface area contributed by atoms with Gasteiger partial charge in [-0.1, -0.05) is 0 Å². The third-order valence-corrected chi connectivity index (χ3v) is 6.29. The average molecular weight is 466 g/mol. The van der Waals surface area contributed by atoms with Crippen LogP contribution in [0.25, 0.3) is 22.3 Å². The highest BCUT2D eigenvalue weighted by Gasteiger charge is 2.27. The van der Waals surface area contributed by atoms with Gasteiger partial charge in [-0.05, 0) is 44.2 Å². The van der Waals surface area contributed by atoms with E-state index < -0.39 is 0 Å². The largest absolute Gasteiger partial charge is 0.496 e. The molecule has 1 N–H and O–H groups in total. The quantitative estimate of drug-likeness (QED) is 0.610. The van der Waals surface area contributed by atoms with Gasteiger partial charge in [0.2, 0.25) is 5.95 Å². The van der Waals surface area contributed by atoms with Crippen molar-refractivity contribution in [1.82, 2.24) is 15.0 Å². The Morgan fingerprint density at radius 2 is 1.76 bits per heavy atom. The highest BCUT2D eigenvalue weighted by atomic mass is 16.5. The fourth-order valence-electron chi connectivity index (χ4n) is 4.70. The Kier molecular flexibility index (Phi) is 6.49. The first-order valence-corrected chi connectivity index (χ1v) is 11.8. The van der Waals surface area contributed by atoms with Crippen LogP contribution in [0.3, 0.4) is 0 Å². The number of aromatic nitrogens is 3. The van der Waals surface area contributed by atoms with Gasteiger partial charge in [-0.15, -0.1) is 0 Å². The first-order valence-electron chi connectivity index (χ1n) is 11.8. The molecule has 9 nitrogen and oxygen atoms in total. The molecular weight excluding hydrogens is 434 g/mol. The minimum absolute atomic E-state index is 0.106. The molecule has 1 aromatic carbocycles. The molecule has 5 rings (SSSR count). The highest BCUT2D eigenvalue weighted by molar-refractivity contribution is 5.90. The lowest BCUT2D eigenvalue weighted by Crippen LogP contribution is -2.46. The molecule has 4 heterocycles. The third-order valence-electron chi connectivity index (χ3n) is 6.29. The van der Waals surface area contributed by atoms with E-state index in [2.05, 4.69) is 23.6 Å². The average Bonchev–Trinajstić information content (AvgIpc) is 2.87. The van der Waals surface area contributed by atoms with Gasteiger partial charge >= 0.3 is 0 Å². The number of hydrogen-bond donors (Lipinski definition) is 1. The Morgan fingerprint density at radius 1 is 1.00 bits per heavy atom. The van der Waals surface area contributed by atoms with Crippen LogP contribution in [0, 0.1) is 0 Å². The second kappa shape index (κ2) is 9.69. The number of methoxy groups -OCH3 is 1. The molecule has 0 amide bonds. The zero-order chi connectivity index (χ0) is 23.7. The molecular formula is C25H31N5O4. The van der Waals surface area contributed by atoms with Gasteiger partial charge in [0.1, 0.15) is 11.6 Å². The molecule has 2 unspecified atom stereocenters. The van der Waals surface area contributed by atoms with Gasteiger partial charge in [0.15, 0.2) is 5.65 Å². The van der Waals surface area contributed by atoms with E-state index in [1.54, 1.807) is 7.11 Å². The molecule has 2 atom stereocenters.